The largest absolute Gasteiger partial charge is 0.310 e. The summed E-state index contributed by atoms with van der Waals surface area (Å²) in [6, 6.07) is 7.43. The Balaban J connectivity index is 2.05. The van der Waals surface area contributed by atoms with E-state index in [-0.39, 0.29) is 5.82 Å². The molecule has 2 rings (SSSR count). The van der Waals surface area contributed by atoms with Gasteiger partial charge in [0.15, 0.2) is 0 Å². The quantitative estimate of drug-likeness (QED) is 0.790. The van der Waals surface area contributed by atoms with Crippen LogP contribution in [0.1, 0.15) is 65.0 Å². The highest BCUT2D eigenvalue weighted by molar-refractivity contribution is 5.21. The first-order valence-corrected chi connectivity index (χ1v) is 8.40. The molecule has 1 fully saturated rings. The van der Waals surface area contributed by atoms with Crippen LogP contribution in [-0.2, 0) is 0 Å². The minimum Gasteiger partial charge on any atom is -0.310 e. The molecule has 21 heavy (non-hydrogen) atoms. The Kier molecular flexibility index (Phi) is 5.43. The van der Waals surface area contributed by atoms with Gasteiger partial charge in [-0.05, 0) is 67.2 Å². The lowest BCUT2D eigenvalue weighted by molar-refractivity contribution is 0.133. The summed E-state index contributed by atoms with van der Waals surface area (Å²) in [7, 11) is 0. The van der Waals surface area contributed by atoms with Crippen molar-refractivity contribution in [3.05, 3.63) is 35.6 Å². The van der Waals surface area contributed by atoms with Gasteiger partial charge in [-0.3, -0.25) is 0 Å². The van der Waals surface area contributed by atoms with E-state index in [0.717, 1.165) is 12.5 Å². The van der Waals surface area contributed by atoms with Crippen LogP contribution in [0.25, 0.3) is 0 Å². The van der Waals surface area contributed by atoms with Crippen molar-refractivity contribution in [3.8, 4) is 0 Å². The molecule has 1 aliphatic carbocycles. The van der Waals surface area contributed by atoms with Crippen LogP contribution < -0.4 is 5.32 Å². The number of nitrogens with one attached hydrogen (secondary N) is 1. The van der Waals surface area contributed by atoms with Crippen LogP contribution in [0.2, 0.25) is 0 Å². The third kappa shape index (κ3) is 4.29. The predicted octanol–water partition coefficient (Wildman–Crippen LogP) is 5.33. The van der Waals surface area contributed by atoms with Crippen LogP contribution in [0.4, 0.5) is 4.39 Å². The van der Waals surface area contributed by atoms with E-state index in [1.165, 1.54) is 31.2 Å². The topological polar surface area (TPSA) is 12.0 Å². The van der Waals surface area contributed by atoms with Crippen molar-refractivity contribution in [2.75, 3.05) is 6.54 Å². The maximum Gasteiger partial charge on any atom is 0.123 e. The molecule has 0 aromatic heterocycles. The van der Waals surface area contributed by atoms with E-state index in [2.05, 4.69) is 33.0 Å². The van der Waals surface area contributed by atoms with Crippen molar-refractivity contribution in [1.29, 1.82) is 0 Å². The zero-order chi connectivity index (χ0) is 15.5. The smallest absolute Gasteiger partial charge is 0.123 e. The van der Waals surface area contributed by atoms with Crippen LogP contribution in [-0.4, -0.2) is 6.54 Å². The fraction of sp³-hybridized carbons (Fsp3) is 0.684. The average molecular weight is 291 g/mol. The molecule has 0 aliphatic heterocycles. The molecule has 1 saturated carbocycles. The van der Waals surface area contributed by atoms with Gasteiger partial charge in [-0.15, -0.1) is 0 Å². The molecule has 1 nitrogen and oxygen atoms in total. The zero-order valence-electron chi connectivity index (χ0n) is 14.0. The Morgan fingerprint density at radius 3 is 2.14 bits per heavy atom. The van der Waals surface area contributed by atoms with Gasteiger partial charge in [0.25, 0.3) is 0 Å². The molecule has 1 aliphatic rings. The third-order valence-corrected chi connectivity index (χ3v) is 5.12. The van der Waals surface area contributed by atoms with Crippen LogP contribution in [0.3, 0.4) is 0 Å². The lowest BCUT2D eigenvalue weighted by Gasteiger charge is -2.40. The first-order chi connectivity index (χ1) is 9.91. The summed E-state index contributed by atoms with van der Waals surface area (Å²) >= 11 is 0. The van der Waals surface area contributed by atoms with Gasteiger partial charge >= 0.3 is 0 Å². The maximum absolute atomic E-state index is 13.1. The molecule has 1 aromatic carbocycles. The highest BCUT2D eigenvalue weighted by Gasteiger charge is 2.33. The van der Waals surface area contributed by atoms with E-state index in [4.69, 9.17) is 0 Å². The number of halogens is 1. The van der Waals surface area contributed by atoms with Crippen LogP contribution >= 0.6 is 0 Å². The second-order valence-corrected chi connectivity index (χ2v) is 7.56. The minimum atomic E-state index is -0.148. The van der Waals surface area contributed by atoms with Gasteiger partial charge in [-0.2, -0.15) is 0 Å². The van der Waals surface area contributed by atoms with E-state index < -0.39 is 0 Å². The monoisotopic (exact) mass is 291 g/mol. The molecule has 0 amide bonds. The number of benzene rings is 1. The first kappa shape index (κ1) is 16.5. The lowest BCUT2D eigenvalue weighted by atomic mass is 9.68. The molecule has 1 N–H and O–H groups in total. The molecular weight excluding hydrogens is 261 g/mol. The predicted molar refractivity (Wildman–Crippen MR) is 87.7 cm³/mol. The second kappa shape index (κ2) is 6.91. The summed E-state index contributed by atoms with van der Waals surface area (Å²) in [5, 5.41) is 3.62. The highest BCUT2D eigenvalue weighted by atomic mass is 19.1. The lowest BCUT2D eigenvalue weighted by Crippen LogP contribution is -2.33. The van der Waals surface area contributed by atoms with E-state index in [1.807, 2.05) is 12.1 Å². The molecule has 1 atom stereocenters. The highest BCUT2D eigenvalue weighted by Crippen LogP contribution is 2.43. The summed E-state index contributed by atoms with van der Waals surface area (Å²) in [6.45, 7) is 10.2. The van der Waals surface area contributed by atoms with Gasteiger partial charge in [0.2, 0.25) is 0 Å². The molecule has 1 aromatic rings. The van der Waals surface area contributed by atoms with Crippen molar-refractivity contribution < 1.29 is 4.39 Å². The zero-order valence-corrected chi connectivity index (χ0v) is 14.0. The van der Waals surface area contributed by atoms with Gasteiger partial charge in [0.05, 0.1) is 0 Å². The average Bonchev–Trinajstić information content (AvgIpc) is 2.45. The van der Waals surface area contributed by atoms with Crippen LogP contribution in [0.15, 0.2) is 24.3 Å². The molecule has 0 radical (unpaired) electrons. The fourth-order valence-corrected chi connectivity index (χ4v) is 3.77. The van der Waals surface area contributed by atoms with Crippen LogP contribution in [0.5, 0.6) is 0 Å². The molecule has 0 heterocycles. The van der Waals surface area contributed by atoms with E-state index in [1.54, 1.807) is 12.1 Å². The standard InChI is InChI=1S/C19H30FN/c1-5-21-18(15-8-12-17(20)13-9-15)14-6-10-16(11-7-14)19(2,3)4/h8-9,12-14,16,18,21H,5-7,10-11H2,1-4H3. The van der Waals surface area contributed by atoms with Crippen molar-refractivity contribution in [1.82, 2.24) is 5.32 Å². The number of hydrogen-bond donors (Lipinski definition) is 1. The molecule has 0 saturated heterocycles. The summed E-state index contributed by atoms with van der Waals surface area (Å²) in [5.74, 6) is 1.36. The van der Waals surface area contributed by atoms with Crippen LogP contribution in [0, 0.1) is 23.1 Å². The molecular formula is C19H30FN. The maximum atomic E-state index is 13.1. The van der Waals surface area contributed by atoms with E-state index in [9.17, 15) is 4.39 Å². The molecule has 118 valence electrons. The SMILES string of the molecule is CCNC(c1ccc(F)cc1)C1CCC(C(C)(C)C)CC1. The van der Waals surface area contributed by atoms with Gasteiger partial charge in [0, 0.05) is 6.04 Å². The van der Waals surface area contributed by atoms with E-state index in [0.29, 0.717) is 17.4 Å². The molecule has 0 bridgehead atoms. The summed E-state index contributed by atoms with van der Waals surface area (Å²) in [6.07, 6.45) is 5.18. The normalized spacial score (nSPS) is 24.8. The first-order valence-electron chi connectivity index (χ1n) is 8.40. The molecule has 1 unspecified atom stereocenters. The van der Waals surface area contributed by atoms with Crippen molar-refractivity contribution in [2.45, 2.75) is 59.4 Å². The van der Waals surface area contributed by atoms with Gasteiger partial charge in [0.1, 0.15) is 5.82 Å². The van der Waals surface area contributed by atoms with Crippen molar-refractivity contribution in [3.63, 3.8) is 0 Å². The summed E-state index contributed by atoms with van der Waals surface area (Å²) < 4.78 is 13.1. The Morgan fingerprint density at radius 1 is 1.10 bits per heavy atom. The third-order valence-electron chi connectivity index (χ3n) is 5.12. The Bertz CT molecular complexity index is 424. The summed E-state index contributed by atoms with van der Waals surface area (Å²) in [4.78, 5) is 0. The Morgan fingerprint density at radius 2 is 1.67 bits per heavy atom. The number of hydrogen-bond acceptors (Lipinski definition) is 1. The second-order valence-electron chi connectivity index (χ2n) is 7.56. The summed E-state index contributed by atoms with van der Waals surface area (Å²) in [5.41, 5.74) is 1.66. The molecule has 2 heteroatoms. The fourth-order valence-electron chi connectivity index (χ4n) is 3.77. The van der Waals surface area contributed by atoms with Crippen molar-refractivity contribution >= 4 is 0 Å². The van der Waals surface area contributed by atoms with Crippen molar-refractivity contribution in [2.24, 2.45) is 17.3 Å². The minimum absolute atomic E-state index is 0.148. The van der Waals surface area contributed by atoms with E-state index >= 15 is 0 Å². The Labute approximate surface area is 129 Å². The Hall–Kier alpha value is -0.890. The molecule has 0 spiro atoms. The van der Waals surface area contributed by atoms with Gasteiger partial charge < -0.3 is 5.32 Å². The van der Waals surface area contributed by atoms with Gasteiger partial charge in [-0.1, -0.05) is 39.8 Å². The van der Waals surface area contributed by atoms with Gasteiger partial charge in [-0.25, -0.2) is 4.39 Å². The number of rotatable bonds is 4.